The topological polar surface area (TPSA) is 103 Å². The highest BCUT2D eigenvalue weighted by Gasteiger charge is 2.34. The van der Waals surface area contributed by atoms with Crippen LogP contribution in [0.4, 0.5) is 4.79 Å². The summed E-state index contributed by atoms with van der Waals surface area (Å²) in [6.45, 7) is 5.10. The molecule has 150 valence electrons. The van der Waals surface area contributed by atoms with Gasteiger partial charge in [0.2, 0.25) is 0 Å². The molecule has 2 rings (SSSR count). The van der Waals surface area contributed by atoms with Crippen LogP contribution in [0.25, 0.3) is 0 Å². The Balaban J connectivity index is 2.40. The lowest BCUT2D eigenvalue weighted by molar-refractivity contribution is -0.140. The van der Waals surface area contributed by atoms with Crippen molar-refractivity contribution in [1.82, 2.24) is 10.6 Å². The second kappa shape index (κ2) is 9.59. The van der Waals surface area contributed by atoms with Crippen molar-refractivity contribution >= 4 is 18.0 Å². The van der Waals surface area contributed by atoms with E-state index in [0.29, 0.717) is 11.3 Å². The number of ether oxygens (including phenoxy) is 3. The molecule has 0 aromatic heterocycles. The molecule has 8 heteroatoms. The maximum Gasteiger partial charge on any atom is 0.338 e. The van der Waals surface area contributed by atoms with E-state index in [-0.39, 0.29) is 24.5 Å². The summed E-state index contributed by atoms with van der Waals surface area (Å²) in [7, 11) is 1.55. The van der Waals surface area contributed by atoms with Crippen LogP contribution in [0.3, 0.4) is 0 Å². The van der Waals surface area contributed by atoms with E-state index in [1.54, 1.807) is 52.1 Å². The van der Waals surface area contributed by atoms with E-state index in [2.05, 4.69) is 10.6 Å². The van der Waals surface area contributed by atoms with Crippen LogP contribution in [-0.2, 0) is 19.1 Å². The third kappa shape index (κ3) is 5.35. The molecule has 0 spiro atoms. The van der Waals surface area contributed by atoms with Gasteiger partial charge in [0.1, 0.15) is 12.4 Å². The molecule has 0 saturated heterocycles. The van der Waals surface area contributed by atoms with Gasteiger partial charge in [-0.3, -0.25) is 0 Å². The van der Waals surface area contributed by atoms with Crippen molar-refractivity contribution in [3.05, 3.63) is 52.7 Å². The summed E-state index contributed by atoms with van der Waals surface area (Å²) >= 11 is 0. The van der Waals surface area contributed by atoms with E-state index < -0.39 is 24.0 Å². The van der Waals surface area contributed by atoms with Gasteiger partial charge in [-0.05, 0) is 38.5 Å². The molecule has 0 aliphatic carbocycles. The molecule has 1 aromatic rings. The van der Waals surface area contributed by atoms with Gasteiger partial charge in [-0.1, -0.05) is 17.7 Å². The average Bonchev–Trinajstić information content (AvgIpc) is 2.65. The SMILES string of the molecule is CCOC(=O)C1=C(COC(=O)C=C(C)C)NC(=O)N[C@H]1c1ccc(OC)cc1. The van der Waals surface area contributed by atoms with E-state index in [0.717, 1.165) is 5.57 Å². The molecule has 1 heterocycles. The third-order valence-electron chi connectivity index (χ3n) is 3.86. The van der Waals surface area contributed by atoms with Gasteiger partial charge in [-0.25, -0.2) is 14.4 Å². The second-order valence-corrected chi connectivity index (χ2v) is 6.25. The number of carbonyl (C=O) groups excluding carboxylic acids is 3. The number of amides is 2. The first kappa shape index (κ1) is 21.0. The highest BCUT2D eigenvalue weighted by Crippen LogP contribution is 2.29. The fraction of sp³-hybridized carbons (Fsp3) is 0.350. The molecule has 2 amide bonds. The summed E-state index contributed by atoms with van der Waals surface area (Å²) in [5.41, 5.74) is 1.79. The van der Waals surface area contributed by atoms with E-state index in [1.165, 1.54) is 6.08 Å². The first-order valence-electron chi connectivity index (χ1n) is 8.79. The van der Waals surface area contributed by atoms with Crippen molar-refractivity contribution in [3.63, 3.8) is 0 Å². The Bertz CT molecular complexity index is 806. The van der Waals surface area contributed by atoms with Crippen LogP contribution in [0.2, 0.25) is 0 Å². The average molecular weight is 388 g/mol. The first-order valence-corrected chi connectivity index (χ1v) is 8.79. The minimum Gasteiger partial charge on any atom is -0.497 e. The highest BCUT2D eigenvalue weighted by molar-refractivity contribution is 5.95. The number of esters is 2. The molecule has 0 saturated carbocycles. The molecule has 1 atom stereocenters. The van der Waals surface area contributed by atoms with Crippen LogP contribution in [-0.4, -0.2) is 38.3 Å². The maximum absolute atomic E-state index is 12.6. The quantitative estimate of drug-likeness (QED) is 0.549. The lowest BCUT2D eigenvalue weighted by Gasteiger charge is -2.29. The van der Waals surface area contributed by atoms with Crippen LogP contribution in [0.1, 0.15) is 32.4 Å². The number of nitrogens with one attached hydrogen (secondary N) is 2. The lowest BCUT2D eigenvalue weighted by Crippen LogP contribution is -2.47. The zero-order chi connectivity index (χ0) is 20.7. The molecule has 1 aliphatic rings. The van der Waals surface area contributed by atoms with Gasteiger partial charge in [0.05, 0.1) is 31.0 Å². The highest BCUT2D eigenvalue weighted by atomic mass is 16.5. The predicted molar refractivity (Wildman–Crippen MR) is 101 cm³/mol. The molecule has 28 heavy (non-hydrogen) atoms. The maximum atomic E-state index is 12.6. The summed E-state index contributed by atoms with van der Waals surface area (Å²) in [6.07, 6.45) is 1.33. The van der Waals surface area contributed by atoms with Gasteiger partial charge in [0.25, 0.3) is 0 Å². The number of hydrogen-bond acceptors (Lipinski definition) is 6. The molecule has 1 aromatic carbocycles. The fourth-order valence-electron chi connectivity index (χ4n) is 2.65. The lowest BCUT2D eigenvalue weighted by atomic mass is 9.95. The molecule has 8 nitrogen and oxygen atoms in total. The van der Waals surface area contributed by atoms with Crippen molar-refractivity contribution in [1.29, 1.82) is 0 Å². The smallest absolute Gasteiger partial charge is 0.338 e. The van der Waals surface area contributed by atoms with Crippen molar-refractivity contribution in [2.45, 2.75) is 26.8 Å². The largest absolute Gasteiger partial charge is 0.497 e. The number of methoxy groups -OCH3 is 1. The first-order chi connectivity index (χ1) is 13.3. The molecule has 1 aliphatic heterocycles. The Labute approximate surface area is 163 Å². The molecule has 0 unspecified atom stereocenters. The molecule has 0 fully saturated rings. The van der Waals surface area contributed by atoms with Gasteiger partial charge >= 0.3 is 18.0 Å². The van der Waals surface area contributed by atoms with Gasteiger partial charge in [-0.15, -0.1) is 0 Å². The molecule has 0 radical (unpaired) electrons. The third-order valence-corrected chi connectivity index (χ3v) is 3.86. The van der Waals surface area contributed by atoms with Gasteiger partial charge < -0.3 is 24.8 Å². The van der Waals surface area contributed by atoms with Crippen molar-refractivity contribution in [2.75, 3.05) is 20.3 Å². The summed E-state index contributed by atoms with van der Waals surface area (Å²) in [6, 6.07) is 5.65. The zero-order valence-electron chi connectivity index (χ0n) is 16.3. The number of allylic oxidation sites excluding steroid dienone is 1. The van der Waals surface area contributed by atoms with Crippen molar-refractivity contribution < 1.29 is 28.6 Å². The summed E-state index contributed by atoms with van der Waals surface area (Å²) in [5, 5.41) is 5.25. The monoisotopic (exact) mass is 388 g/mol. The molecule has 0 bridgehead atoms. The second-order valence-electron chi connectivity index (χ2n) is 6.25. The Morgan fingerprint density at radius 2 is 1.82 bits per heavy atom. The summed E-state index contributed by atoms with van der Waals surface area (Å²) < 4.78 is 15.5. The minimum absolute atomic E-state index is 0.163. The number of hydrogen-bond donors (Lipinski definition) is 2. The van der Waals surface area contributed by atoms with E-state index in [4.69, 9.17) is 14.2 Å². The van der Waals surface area contributed by atoms with Crippen LogP contribution in [0, 0.1) is 0 Å². The molecule has 2 N–H and O–H groups in total. The number of carbonyl (C=O) groups is 3. The summed E-state index contributed by atoms with van der Waals surface area (Å²) in [4.78, 5) is 36.6. The number of rotatable bonds is 7. The fourth-order valence-corrected chi connectivity index (χ4v) is 2.65. The Kier molecular flexibility index (Phi) is 7.20. The van der Waals surface area contributed by atoms with Crippen LogP contribution < -0.4 is 15.4 Å². The summed E-state index contributed by atoms with van der Waals surface area (Å²) in [5.74, 6) is -0.532. The van der Waals surface area contributed by atoms with Crippen LogP contribution in [0.5, 0.6) is 5.75 Å². The van der Waals surface area contributed by atoms with Gasteiger partial charge in [0, 0.05) is 6.08 Å². The van der Waals surface area contributed by atoms with Crippen LogP contribution >= 0.6 is 0 Å². The molecular formula is C20H24N2O6. The van der Waals surface area contributed by atoms with Gasteiger partial charge in [-0.2, -0.15) is 0 Å². The normalized spacial score (nSPS) is 15.9. The Morgan fingerprint density at radius 3 is 2.39 bits per heavy atom. The predicted octanol–water partition coefficient (Wildman–Crippen LogP) is 2.38. The van der Waals surface area contributed by atoms with E-state index >= 15 is 0 Å². The number of benzene rings is 1. The van der Waals surface area contributed by atoms with E-state index in [1.807, 2.05) is 0 Å². The standard InChI is InChI=1S/C20H24N2O6/c1-5-27-19(24)17-15(11-28-16(23)10-12(2)3)21-20(25)22-18(17)13-6-8-14(26-4)9-7-13/h6-10,18H,5,11H2,1-4H3,(H2,21,22,25)/t18-/m0/s1. The van der Waals surface area contributed by atoms with E-state index in [9.17, 15) is 14.4 Å². The minimum atomic E-state index is -0.754. The Morgan fingerprint density at radius 1 is 1.14 bits per heavy atom. The molecular weight excluding hydrogens is 364 g/mol. The van der Waals surface area contributed by atoms with Crippen LogP contribution in [0.15, 0.2) is 47.2 Å². The van der Waals surface area contributed by atoms with Crippen molar-refractivity contribution in [3.8, 4) is 5.75 Å². The Hall–Kier alpha value is -3.29. The van der Waals surface area contributed by atoms with Gasteiger partial charge in [0.15, 0.2) is 0 Å². The number of urea groups is 1. The zero-order valence-corrected chi connectivity index (χ0v) is 16.3. The van der Waals surface area contributed by atoms with Crippen molar-refractivity contribution in [2.24, 2.45) is 0 Å².